The number of nitrogens with zero attached hydrogens (tertiary/aromatic N) is 5. The summed E-state index contributed by atoms with van der Waals surface area (Å²) in [5.74, 6) is 0.198. The molecule has 39 heavy (non-hydrogen) atoms. The number of aromatic nitrogens is 3. The van der Waals surface area contributed by atoms with Gasteiger partial charge in [-0.05, 0) is 35.2 Å². The fraction of sp³-hybridized carbons (Fsp3) is 0.407. The average Bonchev–Trinajstić information content (AvgIpc) is 2.91. The molecule has 1 amide bonds. The van der Waals surface area contributed by atoms with Gasteiger partial charge in [0.05, 0.1) is 6.04 Å². The number of piperazine rings is 1. The molecule has 1 fully saturated rings. The van der Waals surface area contributed by atoms with Crippen LogP contribution in [-0.4, -0.2) is 70.1 Å². The smallest absolute Gasteiger partial charge is 0.422 e. The molecule has 1 aliphatic rings. The van der Waals surface area contributed by atoms with Crippen molar-refractivity contribution in [2.75, 3.05) is 38.1 Å². The molecule has 1 aliphatic heterocycles. The SMILES string of the molecule is CC(C)CN1CCN(C=O)C(c2cccc(-c3nc(NCc4ccc(F)cc4)nc(OCC(F)(F)F)n3)c2)C1. The molecule has 208 valence electrons. The normalized spacial score (nSPS) is 16.4. The fourth-order valence-corrected chi connectivity index (χ4v) is 4.40. The highest BCUT2D eigenvalue weighted by Crippen LogP contribution is 2.29. The van der Waals surface area contributed by atoms with Crippen molar-refractivity contribution >= 4 is 12.4 Å². The lowest BCUT2D eigenvalue weighted by Gasteiger charge is -2.40. The number of halogens is 4. The minimum atomic E-state index is -4.57. The lowest BCUT2D eigenvalue weighted by Crippen LogP contribution is -2.48. The van der Waals surface area contributed by atoms with Gasteiger partial charge in [-0.2, -0.15) is 28.1 Å². The average molecular weight is 547 g/mol. The van der Waals surface area contributed by atoms with Crippen molar-refractivity contribution in [3.8, 4) is 17.4 Å². The Balaban J connectivity index is 1.62. The Morgan fingerprint density at radius 3 is 2.56 bits per heavy atom. The number of rotatable bonds is 10. The lowest BCUT2D eigenvalue weighted by atomic mass is 9.99. The molecule has 8 nitrogen and oxygen atoms in total. The summed E-state index contributed by atoms with van der Waals surface area (Å²) in [5, 5.41) is 2.94. The summed E-state index contributed by atoms with van der Waals surface area (Å²) in [7, 11) is 0. The largest absolute Gasteiger partial charge is 0.454 e. The second-order valence-corrected chi connectivity index (χ2v) is 9.79. The van der Waals surface area contributed by atoms with E-state index in [1.807, 2.05) is 12.1 Å². The first-order valence-electron chi connectivity index (χ1n) is 12.6. The van der Waals surface area contributed by atoms with Crippen LogP contribution in [0.4, 0.5) is 23.5 Å². The first-order chi connectivity index (χ1) is 18.6. The van der Waals surface area contributed by atoms with Crippen LogP contribution in [0.1, 0.15) is 31.0 Å². The lowest BCUT2D eigenvalue weighted by molar-refractivity contribution is -0.154. The maximum Gasteiger partial charge on any atom is 0.422 e. The molecule has 0 radical (unpaired) electrons. The van der Waals surface area contributed by atoms with Gasteiger partial charge in [-0.25, -0.2) is 4.39 Å². The van der Waals surface area contributed by atoms with E-state index < -0.39 is 18.8 Å². The van der Waals surface area contributed by atoms with E-state index in [4.69, 9.17) is 4.74 Å². The van der Waals surface area contributed by atoms with Crippen molar-refractivity contribution in [3.05, 3.63) is 65.5 Å². The number of benzene rings is 2. The molecule has 1 N–H and O–H groups in total. The quantitative estimate of drug-likeness (QED) is 0.292. The van der Waals surface area contributed by atoms with Crippen molar-refractivity contribution in [2.24, 2.45) is 5.92 Å². The monoisotopic (exact) mass is 546 g/mol. The van der Waals surface area contributed by atoms with Crippen LogP contribution < -0.4 is 10.1 Å². The van der Waals surface area contributed by atoms with Gasteiger partial charge in [0.1, 0.15) is 5.82 Å². The fourth-order valence-electron chi connectivity index (χ4n) is 4.40. The first-order valence-corrected chi connectivity index (χ1v) is 12.6. The summed E-state index contributed by atoms with van der Waals surface area (Å²) in [5.41, 5.74) is 2.10. The second-order valence-electron chi connectivity index (χ2n) is 9.79. The molecule has 2 aromatic carbocycles. The third kappa shape index (κ3) is 8.09. The van der Waals surface area contributed by atoms with E-state index in [1.54, 1.807) is 29.2 Å². The van der Waals surface area contributed by atoms with Crippen LogP contribution in [0.3, 0.4) is 0 Å². The highest BCUT2D eigenvalue weighted by Gasteiger charge is 2.30. The molecular weight excluding hydrogens is 516 g/mol. The van der Waals surface area contributed by atoms with Gasteiger partial charge < -0.3 is 15.0 Å². The molecule has 0 bridgehead atoms. The Morgan fingerprint density at radius 1 is 1.10 bits per heavy atom. The van der Waals surface area contributed by atoms with Crippen molar-refractivity contribution < 1.29 is 27.1 Å². The van der Waals surface area contributed by atoms with Gasteiger partial charge in [0.25, 0.3) is 0 Å². The number of alkyl halides is 3. The summed E-state index contributed by atoms with van der Waals surface area (Å²) < 4.78 is 56.5. The van der Waals surface area contributed by atoms with Gasteiger partial charge in [-0.3, -0.25) is 9.69 Å². The second kappa shape index (κ2) is 12.4. The van der Waals surface area contributed by atoms with Crippen LogP contribution in [0.25, 0.3) is 11.4 Å². The number of nitrogens with one attached hydrogen (secondary N) is 1. The highest BCUT2D eigenvalue weighted by molar-refractivity contribution is 5.59. The Bertz CT molecular complexity index is 1260. The molecule has 0 aliphatic carbocycles. The van der Waals surface area contributed by atoms with Crippen LogP contribution in [0.5, 0.6) is 6.01 Å². The molecule has 0 spiro atoms. The number of carbonyl (C=O) groups excluding carboxylic acids is 1. The van der Waals surface area contributed by atoms with Crippen molar-refractivity contribution in [1.82, 2.24) is 24.8 Å². The molecule has 1 aromatic heterocycles. The number of hydrogen-bond donors (Lipinski definition) is 1. The number of anilines is 1. The van der Waals surface area contributed by atoms with Crippen LogP contribution in [0.2, 0.25) is 0 Å². The summed E-state index contributed by atoms with van der Waals surface area (Å²) in [6, 6.07) is 12.3. The van der Waals surface area contributed by atoms with Crippen LogP contribution in [0, 0.1) is 11.7 Å². The zero-order valence-electron chi connectivity index (χ0n) is 21.7. The van der Waals surface area contributed by atoms with E-state index in [9.17, 15) is 22.4 Å². The molecule has 2 heterocycles. The standard InChI is InChI=1S/C27H30F4N6O2/c1-18(2)14-36-10-11-37(17-38)23(15-36)20-4-3-5-21(12-20)24-33-25(32-13-19-6-8-22(28)9-7-19)35-26(34-24)39-16-27(29,30)31/h3-9,12,17-18,23H,10-11,13-16H2,1-2H3,(H,32,33,34,35). The summed E-state index contributed by atoms with van der Waals surface area (Å²) in [6.45, 7) is 5.85. The molecule has 12 heteroatoms. The number of ether oxygens (including phenoxy) is 1. The Labute approximate surface area is 224 Å². The van der Waals surface area contributed by atoms with Crippen LogP contribution in [0.15, 0.2) is 48.5 Å². The van der Waals surface area contributed by atoms with E-state index in [0.717, 1.165) is 30.6 Å². The van der Waals surface area contributed by atoms with E-state index in [2.05, 4.69) is 39.0 Å². The summed E-state index contributed by atoms with van der Waals surface area (Å²) in [6.07, 6.45) is -3.73. The molecule has 0 saturated carbocycles. The van der Waals surface area contributed by atoms with E-state index in [1.165, 1.54) is 12.1 Å². The van der Waals surface area contributed by atoms with Crippen molar-refractivity contribution in [2.45, 2.75) is 32.6 Å². The summed E-state index contributed by atoms with van der Waals surface area (Å²) in [4.78, 5) is 28.4. The Kier molecular flexibility index (Phi) is 8.95. The van der Waals surface area contributed by atoms with E-state index >= 15 is 0 Å². The minimum Gasteiger partial charge on any atom is -0.454 e. The minimum absolute atomic E-state index is 0.00203. The predicted octanol–water partition coefficient (Wildman–Crippen LogP) is 4.70. The maximum absolute atomic E-state index is 13.2. The first kappa shape index (κ1) is 28.2. The van der Waals surface area contributed by atoms with Gasteiger partial charge in [-0.15, -0.1) is 0 Å². The van der Waals surface area contributed by atoms with Crippen LogP contribution >= 0.6 is 0 Å². The number of hydrogen-bond acceptors (Lipinski definition) is 7. The number of carbonyl (C=O) groups is 1. The van der Waals surface area contributed by atoms with Gasteiger partial charge >= 0.3 is 12.2 Å². The Morgan fingerprint density at radius 2 is 1.87 bits per heavy atom. The van der Waals surface area contributed by atoms with E-state index in [0.29, 0.717) is 24.6 Å². The third-order valence-electron chi connectivity index (χ3n) is 6.14. The predicted molar refractivity (Wildman–Crippen MR) is 137 cm³/mol. The molecule has 1 saturated heterocycles. The molecule has 3 aromatic rings. The van der Waals surface area contributed by atoms with Crippen molar-refractivity contribution in [1.29, 1.82) is 0 Å². The summed E-state index contributed by atoms with van der Waals surface area (Å²) >= 11 is 0. The van der Waals surface area contributed by atoms with Gasteiger partial charge in [-0.1, -0.05) is 44.2 Å². The van der Waals surface area contributed by atoms with E-state index in [-0.39, 0.29) is 30.2 Å². The Hall–Kier alpha value is -3.80. The zero-order chi connectivity index (χ0) is 28.0. The maximum atomic E-state index is 13.2. The topological polar surface area (TPSA) is 83.5 Å². The van der Waals surface area contributed by atoms with Gasteiger partial charge in [0, 0.05) is 38.3 Å². The van der Waals surface area contributed by atoms with Gasteiger partial charge in [0.15, 0.2) is 12.4 Å². The van der Waals surface area contributed by atoms with Crippen LogP contribution in [-0.2, 0) is 11.3 Å². The third-order valence-corrected chi connectivity index (χ3v) is 6.14. The zero-order valence-corrected chi connectivity index (χ0v) is 21.7. The highest BCUT2D eigenvalue weighted by atomic mass is 19.4. The molecule has 1 unspecified atom stereocenters. The van der Waals surface area contributed by atoms with Gasteiger partial charge in [0.2, 0.25) is 12.4 Å². The molecule has 1 atom stereocenters. The number of amides is 1. The molecule has 4 rings (SSSR count). The molecular formula is C27H30F4N6O2. The van der Waals surface area contributed by atoms with Crippen molar-refractivity contribution in [3.63, 3.8) is 0 Å².